The molecule has 0 saturated heterocycles. The van der Waals surface area contributed by atoms with Crippen LogP contribution in [0.5, 0.6) is 0 Å². The highest BCUT2D eigenvalue weighted by Crippen LogP contribution is 2.30. The Labute approximate surface area is 140 Å². The molecule has 0 atom stereocenters. The van der Waals surface area contributed by atoms with Crippen molar-refractivity contribution in [1.82, 2.24) is 9.71 Å². The fourth-order valence-corrected chi connectivity index (χ4v) is 3.78. The molecule has 1 aromatic heterocycles. The van der Waals surface area contributed by atoms with Gasteiger partial charge in [-0.15, -0.1) is 0 Å². The van der Waals surface area contributed by atoms with Gasteiger partial charge in [-0.25, -0.2) is 17.5 Å². The van der Waals surface area contributed by atoms with Gasteiger partial charge in [0.05, 0.1) is 10.4 Å². The van der Waals surface area contributed by atoms with Gasteiger partial charge in [-0.3, -0.25) is 4.98 Å². The molecule has 0 spiro atoms. The van der Waals surface area contributed by atoms with E-state index in [1.807, 2.05) is 19.1 Å². The standard InChI is InChI=1S/C18H17FN2O2S/c1-11-7-18(24(22,23)20-3)12(2)6-16(11)14-8-13-9-15(19)4-5-17(13)21-10-14/h4-10,20H,1-3H3. The second-order valence-corrected chi connectivity index (χ2v) is 7.56. The number of pyridine rings is 1. The van der Waals surface area contributed by atoms with Gasteiger partial charge in [0.15, 0.2) is 0 Å². The van der Waals surface area contributed by atoms with Crippen LogP contribution in [0.2, 0.25) is 0 Å². The summed E-state index contributed by atoms with van der Waals surface area (Å²) in [6.45, 7) is 3.60. The second kappa shape index (κ2) is 5.96. The van der Waals surface area contributed by atoms with Crippen molar-refractivity contribution in [1.29, 1.82) is 0 Å². The maximum atomic E-state index is 13.4. The van der Waals surface area contributed by atoms with Crippen LogP contribution < -0.4 is 4.72 Å². The quantitative estimate of drug-likeness (QED) is 0.790. The number of sulfonamides is 1. The SMILES string of the molecule is CNS(=O)(=O)c1cc(C)c(-c2cnc3ccc(F)cc3c2)cc1C. The third kappa shape index (κ3) is 2.90. The van der Waals surface area contributed by atoms with Gasteiger partial charge in [0.1, 0.15) is 5.82 Å². The first-order valence-corrected chi connectivity index (χ1v) is 8.90. The summed E-state index contributed by atoms with van der Waals surface area (Å²) >= 11 is 0. The summed E-state index contributed by atoms with van der Waals surface area (Å²) in [5.74, 6) is -0.315. The van der Waals surface area contributed by atoms with E-state index in [1.165, 1.54) is 19.2 Å². The van der Waals surface area contributed by atoms with E-state index in [-0.39, 0.29) is 10.7 Å². The zero-order chi connectivity index (χ0) is 17.5. The first-order chi connectivity index (χ1) is 11.3. The average molecular weight is 344 g/mol. The highest BCUT2D eigenvalue weighted by molar-refractivity contribution is 7.89. The van der Waals surface area contributed by atoms with Crippen LogP contribution in [-0.4, -0.2) is 20.4 Å². The smallest absolute Gasteiger partial charge is 0.240 e. The topological polar surface area (TPSA) is 59.1 Å². The van der Waals surface area contributed by atoms with Crippen LogP contribution in [0.25, 0.3) is 22.0 Å². The van der Waals surface area contributed by atoms with Crippen molar-refractivity contribution in [2.75, 3.05) is 7.05 Å². The van der Waals surface area contributed by atoms with Gasteiger partial charge in [-0.1, -0.05) is 0 Å². The summed E-state index contributed by atoms with van der Waals surface area (Å²) in [5.41, 5.74) is 3.86. The summed E-state index contributed by atoms with van der Waals surface area (Å²) < 4.78 is 39.9. The van der Waals surface area contributed by atoms with Gasteiger partial charge in [0.2, 0.25) is 10.0 Å². The molecule has 6 heteroatoms. The van der Waals surface area contributed by atoms with Gasteiger partial charge in [-0.2, -0.15) is 0 Å². The lowest BCUT2D eigenvalue weighted by Gasteiger charge is -2.13. The zero-order valence-electron chi connectivity index (χ0n) is 13.6. The number of aryl methyl sites for hydroxylation is 2. The molecule has 0 radical (unpaired) electrons. The largest absolute Gasteiger partial charge is 0.256 e. The zero-order valence-corrected chi connectivity index (χ0v) is 14.4. The Bertz CT molecular complexity index is 1050. The molecule has 0 unspecified atom stereocenters. The van der Waals surface area contributed by atoms with Crippen molar-refractivity contribution in [2.45, 2.75) is 18.7 Å². The highest BCUT2D eigenvalue weighted by atomic mass is 32.2. The van der Waals surface area contributed by atoms with Crippen molar-refractivity contribution in [3.05, 3.63) is 59.5 Å². The van der Waals surface area contributed by atoms with E-state index in [9.17, 15) is 12.8 Å². The van der Waals surface area contributed by atoms with E-state index in [2.05, 4.69) is 9.71 Å². The van der Waals surface area contributed by atoms with Crippen LogP contribution in [0.1, 0.15) is 11.1 Å². The summed E-state index contributed by atoms with van der Waals surface area (Å²) in [4.78, 5) is 4.62. The molecule has 0 aliphatic rings. The number of hydrogen-bond acceptors (Lipinski definition) is 3. The molecule has 0 aliphatic heterocycles. The normalized spacial score (nSPS) is 11.8. The van der Waals surface area contributed by atoms with Crippen LogP contribution in [-0.2, 0) is 10.0 Å². The molecule has 2 aromatic carbocycles. The molecular weight excluding hydrogens is 327 g/mol. The van der Waals surface area contributed by atoms with Crippen LogP contribution in [0, 0.1) is 19.7 Å². The molecule has 0 saturated carbocycles. The van der Waals surface area contributed by atoms with E-state index < -0.39 is 10.0 Å². The Morgan fingerprint density at radius 2 is 1.79 bits per heavy atom. The van der Waals surface area contributed by atoms with Crippen molar-refractivity contribution >= 4 is 20.9 Å². The fraction of sp³-hybridized carbons (Fsp3) is 0.167. The number of fused-ring (bicyclic) bond motifs is 1. The Morgan fingerprint density at radius 3 is 2.50 bits per heavy atom. The van der Waals surface area contributed by atoms with Crippen LogP contribution in [0.3, 0.4) is 0 Å². The van der Waals surface area contributed by atoms with Crippen molar-refractivity contribution in [3.63, 3.8) is 0 Å². The Morgan fingerprint density at radius 1 is 1.04 bits per heavy atom. The third-order valence-corrected chi connectivity index (χ3v) is 5.59. The van der Waals surface area contributed by atoms with E-state index in [0.717, 1.165) is 16.7 Å². The summed E-state index contributed by atoms with van der Waals surface area (Å²) in [6, 6.07) is 9.78. The first-order valence-electron chi connectivity index (χ1n) is 7.42. The predicted octanol–water partition coefficient (Wildman–Crippen LogP) is 3.57. The summed E-state index contributed by atoms with van der Waals surface area (Å²) in [6.07, 6.45) is 1.72. The highest BCUT2D eigenvalue weighted by Gasteiger charge is 2.17. The van der Waals surface area contributed by atoms with E-state index in [0.29, 0.717) is 16.5 Å². The molecule has 3 aromatic rings. The lowest BCUT2D eigenvalue weighted by molar-refractivity contribution is 0.587. The van der Waals surface area contributed by atoms with Crippen LogP contribution >= 0.6 is 0 Å². The summed E-state index contributed by atoms with van der Waals surface area (Å²) in [7, 11) is -2.12. The maximum absolute atomic E-state index is 13.4. The van der Waals surface area contributed by atoms with Gasteiger partial charge < -0.3 is 0 Å². The minimum absolute atomic E-state index is 0.256. The molecule has 0 aliphatic carbocycles. The van der Waals surface area contributed by atoms with Gasteiger partial charge in [0, 0.05) is 17.1 Å². The van der Waals surface area contributed by atoms with Gasteiger partial charge >= 0.3 is 0 Å². The predicted molar refractivity (Wildman–Crippen MR) is 92.9 cm³/mol. The molecule has 0 amide bonds. The Balaban J connectivity index is 2.18. The number of benzene rings is 2. The average Bonchev–Trinajstić information content (AvgIpc) is 2.55. The molecule has 0 bridgehead atoms. The Kier molecular flexibility index (Phi) is 4.11. The fourth-order valence-electron chi connectivity index (χ4n) is 2.75. The van der Waals surface area contributed by atoms with Crippen LogP contribution in [0.4, 0.5) is 4.39 Å². The number of hydrogen-bond donors (Lipinski definition) is 1. The van der Waals surface area contributed by atoms with Crippen LogP contribution in [0.15, 0.2) is 47.5 Å². The lowest BCUT2D eigenvalue weighted by atomic mass is 9.98. The number of nitrogens with one attached hydrogen (secondary N) is 1. The number of nitrogens with zero attached hydrogens (tertiary/aromatic N) is 1. The first kappa shape index (κ1) is 16.5. The van der Waals surface area contributed by atoms with Crippen molar-refractivity contribution in [2.24, 2.45) is 0 Å². The molecule has 1 N–H and O–H groups in total. The summed E-state index contributed by atoms with van der Waals surface area (Å²) in [5, 5.41) is 0.705. The molecule has 0 fully saturated rings. The monoisotopic (exact) mass is 344 g/mol. The molecule has 24 heavy (non-hydrogen) atoms. The number of rotatable bonds is 3. The van der Waals surface area contributed by atoms with E-state index in [1.54, 1.807) is 25.3 Å². The van der Waals surface area contributed by atoms with E-state index in [4.69, 9.17) is 0 Å². The molecule has 3 rings (SSSR count). The lowest BCUT2D eigenvalue weighted by Crippen LogP contribution is -2.19. The number of halogens is 1. The minimum Gasteiger partial charge on any atom is -0.256 e. The van der Waals surface area contributed by atoms with Crippen molar-refractivity contribution in [3.8, 4) is 11.1 Å². The molecular formula is C18H17FN2O2S. The second-order valence-electron chi connectivity index (χ2n) is 5.70. The molecule has 1 heterocycles. The molecule has 4 nitrogen and oxygen atoms in total. The van der Waals surface area contributed by atoms with Gasteiger partial charge in [0.25, 0.3) is 0 Å². The Hall–Kier alpha value is -2.31. The number of aromatic nitrogens is 1. The van der Waals surface area contributed by atoms with Gasteiger partial charge in [-0.05, 0) is 74.0 Å². The maximum Gasteiger partial charge on any atom is 0.240 e. The van der Waals surface area contributed by atoms with E-state index >= 15 is 0 Å². The third-order valence-electron chi connectivity index (χ3n) is 4.03. The molecule has 124 valence electrons. The minimum atomic E-state index is -3.51. The van der Waals surface area contributed by atoms with Crippen molar-refractivity contribution < 1.29 is 12.8 Å².